The summed E-state index contributed by atoms with van der Waals surface area (Å²) >= 11 is 0. The molecule has 0 amide bonds. The zero-order chi connectivity index (χ0) is 17.9. The predicted molar refractivity (Wildman–Crippen MR) is 94.3 cm³/mol. The van der Waals surface area contributed by atoms with Gasteiger partial charge in [-0.2, -0.15) is 5.10 Å². The van der Waals surface area contributed by atoms with Crippen LogP contribution in [0, 0.1) is 0 Å². The van der Waals surface area contributed by atoms with Crippen molar-refractivity contribution in [1.29, 1.82) is 0 Å². The first-order valence-electron chi connectivity index (χ1n) is 7.74. The van der Waals surface area contributed by atoms with E-state index in [0.29, 0.717) is 37.4 Å². The van der Waals surface area contributed by atoms with Crippen LogP contribution in [0.5, 0.6) is 0 Å². The van der Waals surface area contributed by atoms with Crippen LogP contribution in [0.1, 0.15) is 26.7 Å². The van der Waals surface area contributed by atoms with Gasteiger partial charge in [0, 0.05) is 12.6 Å². The topological polar surface area (TPSA) is 80.2 Å². The number of hydrazone groups is 1. The van der Waals surface area contributed by atoms with Crippen LogP contribution in [-0.2, 0) is 14.3 Å². The highest BCUT2D eigenvalue weighted by molar-refractivity contribution is 5.95. The number of ketones is 1. The standard InChI is InChI=1S/C18H24N2O4/c1-5-23-17(14(4)21)9-13(3)11-19-20-12-15-7-8-16(22)18(10-15)24-6-2/h9-12,20-21H,3-8H2,1-2H3/b15-12-,17-9+,19-11+. The molecule has 0 atom stereocenters. The summed E-state index contributed by atoms with van der Waals surface area (Å²) < 4.78 is 10.5. The molecule has 24 heavy (non-hydrogen) atoms. The maximum Gasteiger partial charge on any atom is 0.197 e. The van der Waals surface area contributed by atoms with Crippen LogP contribution in [-0.4, -0.2) is 30.3 Å². The van der Waals surface area contributed by atoms with Gasteiger partial charge in [-0.1, -0.05) is 13.2 Å². The van der Waals surface area contributed by atoms with Crippen molar-refractivity contribution in [2.75, 3.05) is 13.2 Å². The molecule has 1 rings (SSSR count). The molecule has 0 saturated carbocycles. The molecule has 1 aliphatic rings. The van der Waals surface area contributed by atoms with E-state index in [4.69, 9.17) is 9.47 Å². The quantitative estimate of drug-likeness (QED) is 0.293. The van der Waals surface area contributed by atoms with E-state index in [1.165, 1.54) is 12.3 Å². The van der Waals surface area contributed by atoms with E-state index < -0.39 is 0 Å². The smallest absolute Gasteiger partial charge is 0.197 e. The number of nitrogens with zero attached hydrogens (tertiary/aromatic N) is 1. The lowest BCUT2D eigenvalue weighted by molar-refractivity contribution is -0.119. The Morgan fingerprint density at radius 3 is 2.75 bits per heavy atom. The lowest BCUT2D eigenvalue weighted by Gasteiger charge is -2.14. The Morgan fingerprint density at radius 1 is 1.38 bits per heavy atom. The number of nitrogens with one attached hydrogen (secondary N) is 1. The molecule has 6 heteroatoms. The van der Waals surface area contributed by atoms with Crippen LogP contribution in [0.4, 0.5) is 0 Å². The summed E-state index contributed by atoms with van der Waals surface area (Å²) in [4.78, 5) is 11.6. The highest BCUT2D eigenvalue weighted by Gasteiger charge is 2.17. The molecule has 0 aromatic heterocycles. The van der Waals surface area contributed by atoms with Crippen LogP contribution < -0.4 is 5.43 Å². The molecule has 0 fully saturated rings. The Balaban J connectivity index is 2.64. The second-order valence-corrected chi connectivity index (χ2v) is 4.93. The number of ether oxygens (including phenoxy) is 2. The summed E-state index contributed by atoms with van der Waals surface area (Å²) in [7, 11) is 0. The van der Waals surface area contributed by atoms with E-state index in [0.717, 1.165) is 5.57 Å². The van der Waals surface area contributed by atoms with Crippen LogP contribution in [0.25, 0.3) is 0 Å². The van der Waals surface area contributed by atoms with Crippen molar-refractivity contribution >= 4 is 12.0 Å². The Hall–Kier alpha value is -2.76. The van der Waals surface area contributed by atoms with Crippen LogP contribution in [0.2, 0.25) is 0 Å². The summed E-state index contributed by atoms with van der Waals surface area (Å²) in [6.07, 6.45) is 7.51. The normalized spacial score (nSPS) is 16.9. The number of rotatable bonds is 9. The SMILES string of the molecule is C=C(/C=N/N/C=C1\C=C(OCC)C(=O)CC1)/C=C(/OCC)C(=C)O. The highest BCUT2D eigenvalue weighted by atomic mass is 16.5. The van der Waals surface area contributed by atoms with Gasteiger partial charge in [-0.3, -0.25) is 10.2 Å². The van der Waals surface area contributed by atoms with Crippen molar-refractivity contribution < 1.29 is 19.4 Å². The molecule has 0 unspecified atom stereocenters. The third kappa shape index (κ3) is 6.56. The molecule has 0 heterocycles. The average Bonchev–Trinajstić information content (AvgIpc) is 2.54. The van der Waals surface area contributed by atoms with Gasteiger partial charge in [0.05, 0.1) is 19.4 Å². The molecule has 0 aromatic carbocycles. The molecule has 6 nitrogen and oxygen atoms in total. The van der Waals surface area contributed by atoms with Gasteiger partial charge in [-0.15, -0.1) is 0 Å². The van der Waals surface area contributed by atoms with Gasteiger partial charge in [0.25, 0.3) is 0 Å². The molecular formula is C18H24N2O4. The highest BCUT2D eigenvalue weighted by Crippen LogP contribution is 2.19. The Labute approximate surface area is 142 Å². The Bertz CT molecular complexity index is 613. The molecule has 1 aliphatic carbocycles. The van der Waals surface area contributed by atoms with Crippen molar-refractivity contribution in [3.8, 4) is 0 Å². The molecule has 130 valence electrons. The maximum absolute atomic E-state index is 11.6. The number of hydrogen-bond acceptors (Lipinski definition) is 6. The summed E-state index contributed by atoms with van der Waals surface area (Å²) in [5.41, 5.74) is 4.24. The fourth-order valence-corrected chi connectivity index (χ4v) is 1.90. The van der Waals surface area contributed by atoms with Crippen molar-refractivity contribution in [2.45, 2.75) is 26.7 Å². The van der Waals surface area contributed by atoms with Crippen molar-refractivity contribution in [3.05, 3.63) is 59.9 Å². The van der Waals surface area contributed by atoms with Gasteiger partial charge < -0.3 is 14.6 Å². The molecule has 0 saturated heterocycles. The number of hydrogen-bond donors (Lipinski definition) is 2. The van der Waals surface area contributed by atoms with Crippen LogP contribution in [0.15, 0.2) is 65.0 Å². The summed E-state index contributed by atoms with van der Waals surface area (Å²) in [5, 5.41) is 13.4. The molecule has 0 radical (unpaired) electrons. The van der Waals surface area contributed by atoms with Crippen LogP contribution >= 0.6 is 0 Å². The number of allylic oxidation sites excluding steroid dienone is 5. The summed E-state index contributed by atoms with van der Waals surface area (Å²) in [6, 6.07) is 0. The van der Waals surface area contributed by atoms with Gasteiger partial charge in [0.2, 0.25) is 0 Å². The van der Waals surface area contributed by atoms with E-state index in [9.17, 15) is 9.90 Å². The van der Waals surface area contributed by atoms with Gasteiger partial charge in [-0.25, -0.2) is 0 Å². The molecule has 0 aliphatic heterocycles. The van der Waals surface area contributed by atoms with E-state index in [2.05, 4.69) is 23.7 Å². The van der Waals surface area contributed by atoms with E-state index in [-0.39, 0.29) is 17.3 Å². The molecule has 2 N–H and O–H groups in total. The average molecular weight is 332 g/mol. The number of carbonyl (C=O) groups excluding carboxylic acids is 1. The van der Waals surface area contributed by atoms with Crippen molar-refractivity contribution in [1.82, 2.24) is 5.43 Å². The zero-order valence-electron chi connectivity index (χ0n) is 14.2. The monoisotopic (exact) mass is 332 g/mol. The number of Topliss-reactive ketones (excluding diaryl/α,β-unsaturated/α-hetero) is 1. The second kappa shape index (κ2) is 10.1. The first kappa shape index (κ1) is 19.3. The minimum absolute atomic E-state index is 0.0173. The first-order chi connectivity index (χ1) is 11.5. The number of carbonyl (C=O) groups is 1. The predicted octanol–water partition coefficient (Wildman–Crippen LogP) is 3.28. The van der Waals surface area contributed by atoms with Gasteiger partial charge in [-0.05, 0) is 43.6 Å². The van der Waals surface area contributed by atoms with Crippen molar-refractivity contribution in [3.63, 3.8) is 0 Å². The van der Waals surface area contributed by atoms with E-state index in [1.54, 1.807) is 19.2 Å². The van der Waals surface area contributed by atoms with Gasteiger partial charge in [0.15, 0.2) is 17.3 Å². The number of aliphatic hydroxyl groups is 1. The Kier molecular flexibility index (Phi) is 8.11. The molecular weight excluding hydrogens is 308 g/mol. The third-order valence-corrected chi connectivity index (χ3v) is 2.99. The molecule has 0 bridgehead atoms. The van der Waals surface area contributed by atoms with Gasteiger partial charge >= 0.3 is 0 Å². The number of aliphatic hydroxyl groups excluding tert-OH is 1. The zero-order valence-corrected chi connectivity index (χ0v) is 14.2. The minimum atomic E-state index is -0.165. The summed E-state index contributed by atoms with van der Waals surface area (Å²) in [5.74, 6) is 0.490. The summed E-state index contributed by atoms with van der Waals surface area (Å²) in [6.45, 7) is 11.7. The molecule has 0 aromatic rings. The second-order valence-electron chi connectivity index (χ2n) is 4.93. The first-order valence-corrected chi connectivity index (χ1v) is 7.74. The minimum Gasteiger partial charge on any atom is -0.505 e. The van der Waals surface area contributed by atoms with E-state index in [1.807, 2.05) is 6.92 Å². The lowest BCUT2D eigenvalue weighted by Crippen LogP contribution is -2.12. The largest absolute Gasteiger partial charge is 0.505 e. The van der Waals surface area contributed by atoms with Crippen LogP contribution in [0.3, 0.4) is 0 Å². The van der Waals surface area contributed by atoms with Gasteiger partial charge in [0.1, 0.15) is 5.76 Å². The van der Waals surface area contributed by atoms with Crippen molar-refractivity contribution in [2.24, 2.45) is 5.10 Å². The van der Waals surface area contributed by atoms with E-state index >= 15 is 0 Å². The lowest BCUT2D eigenvalue weighted by atomic mass is 10.0. The fourth-order valence-electron chi connectivity index (χ4n) is 1.90. The third-order valence-electron chi connectivity index (χ3n) is 2.99. The Morgan fingerprint density at radius 2 is 2.12 bits per heavy atom. The maximum atomic E-state index is 11.6. The fraction of sp³-hybridized carbons (Fsp3) is 0.333. The molecule has 0 spiro atoms.